The fourth-order valence-electron chi connectivity index (χ4n) is 11.0. The molecular weight excluding hydrogens is 546 g/mol. The van der Waals surface area contributed by atoms with Gasteiger partial charge in [0.2, 0.25) is 5.91 Å². The minimum absolute atomic E-state index is 0.0123. The molecule has 6 rings (SSSR count). The minimum Gasteiger partial charge on any atom is -0.490 e. The van der Waals surface area contributed by atoms with Gasteiger partial charge in [0.05, 0.1) is 6.10 Å². The molecule has 0 spiro atoms. The quantitative estimate of drug-likeness (QED) is 0.253. The van der Waals surface area contributed by atoms with Gasteiger partial charge < -0.3 is 26.7 Å². The van der Waals surface area contributed by atoms with Crippen LogP contribution in [0.5, 0.6) is 11.5 Å². The van der Waals surface area contributed by atoms with Crippen LogP contribution in [0.1, 0.15) is 91.9 Å². The van der Waals surface area contributed by atoms with Crippen molar-refractivity contribution in [3.8, 4) is 11.5 Å². The molecule has 0 radical (unpaired) electrons. The second-order valence-corrected chi connectivity index (χ2v) is 15.5. The zero-order valence-corrected chi connectivity index (χ0v) is 27.3. The molecule has 4 unspecified atom stereocenters. The van der Waals surface area contributed by atoms with Gasteiger partial charge in [-0.3, -0.25) is 4.79 Å². The van der Waals surface area contributed by atoms with Crippen LogP contribution >= 0.6 is 0 Å². The molecule has 4 saturated carbocycles. The lowest BCUT2D eigenvalue weighted by Gasteiger charge is -2.63. The summed E-state index contributed by atoms with van der Waals surface area (Å²) in [5.74, 6) is 5.31. The first-order chi connectivity index (χ1) is 21.0. The third-order valence-corrected chi connectivity index (χ3v) is 13.3. The molecule has 4 aliphatic rings. The van der Waals surface area contributed by atoms with Crippen LogP contribution in [0, 0.1) is 52.3 Å². The summed E-state index contributed by atoms with van der Waals surface area (Å²) >= 11 is 0. The van der Waals surface area contributed by atoms with Crippen molar-refractivity contribution in [3.05, 3.63) is 48.5 Å². The number of benzene rings is 2. The topological polar surface area (TPSA) is 114 Å². The molecule has 2 aromatic carbocycles. The molecule has 6 heteroatoms. The second-order valence-electron chi connectivity index (χ2n) is 15.5. The van der Waals surface area contributed by atoms with Gasteiger partial charge in [0.15, 0.2) is 0 Å². The first kappa shape index (κ1) is 31.1. The van der Waals surface area contributed by atoms with Crippen LogP contribution in [0.3, 0.4) is 0 Å². The number of anilines is 2. The van der Waals surface area contributed by atoms with Crippen LogP contribution in [-0.2, 0) is 4.79 Å². The SMILES string of the molecule is CCC(C[C@@H](C)[C@H]1CC[C@H]2[C@@H]3CC(Oc4ccc(N)cc4)C4CC(Oc5ccc(N)cc5)CC[C@]4(C)[C@H]3CC[C@]12C)C(N)=O. The molecule has 0 aliphatic heterocycles. The van der Waals surface area contributed by atoms with Gasteiger partial charge in [-0.15, -0.1) is 0 Å². The van der Waals surface area contributed by atoms with E-state index in [4.69, 9.17) is 26.7 Å². The van der Waals surface area contributed by atoms with Gasteiger partial charge >= 0.3 is 0 Å². The van der Waals surface area contributed by atoms with Crippen molar-refractivity contribution in [2.45, 2.75) is 104 Å². The average Bonchev–Trinajstić information content (AvgIpc) is 3.36. The number of primary amides is 1. The highest BCUT2D eigenvalue weighted by atomic mass is 16.5. The Labute approximate surface area is 264 Å². The van der Waals surface area contributed by atoms with Crippen LogP contribution < -0.4 is 26.7 Å². The maximum Gasteiger partial charge on any atom is 0.220 e. The third-order valence-electron chi connectivity index (χ3n) is 13.3. The van der Waals surface area contributed by atoms with E-state index >= 15 is 0 Å². The largest absolute Gasteiger partial charge is 0.490 e. The van der Waals surface area contributed by atoms with Crippen LogP contribution in [0.4, 0.5) is 11.4 Å². The molecule has 44 heavy (non-hydrogen) atoms. The highest BCUT2D eigenvalue weighted by Gasteiger charge is 2.63. The highest BCUT2D eigenvalue weighted by Crippen LogP contribution is 2.68. The summed E-state index contributed by atoms with van der Waals surface area (Å²) in [7, 11) is 0. The third kappa shape index (κ3) is 5.67. The van der Waals surface area contributed by atoms with Gasteiger partial charge in [-0.25, -0.2) is 0 Å². The summed E-state index contributed by atoms with van der Waals surface area (Å²) in [6.07, 6.45) is 11.6. The van der Waals surface area contributed by atoms with Crippen molar-refractivity contribution in [2.75, 3.05) is 11.5 Å². The Morgan fingerprint density at radius 2 is 1.41 bits per heavy atom. The first-order valence-electron chi connectivity index (χ1n) is 17.4. The Morgan fingerprint density at radius 1 is 0.818 bits per heavy atom. The first-order valence-corrected chi connectivity index (χ1v) is 17.4. The Balaban J connectivity index is 1.26. The van der Waals surface area contributed by atoms with E-state index in [2.05, 4.69) is 27.7 Å². The van der Waals surface area contributed by atoms with E-state index in [9.17, 15) is 4.79 Å². The van der Waals surface area contributed by atoms with Crippen LogP contribution in [0.2, 0.25) is 0 Å². The number of carbonyl (C=O) groups excluding carboxylic acids is 1. The zero-order chi connectivity index (χ0) is 31.2. The highest BCUT2D eigenvalue weighted by molar-refractivity contribution is 5.76. The van der Waals surface area contributed by atoms with Crippen molar-refractivity contribution >= 4 is 17.3 Å². The van der Waals surface area contributed by atoms with E-state index in [1.807, 2.05) is 48.5 Å². The van der Waals surface area contributed by atoms with Gasteiger partial charge in [0, 0.05) is 23.2 Å². The standard InChI is InChI=1S/C38H55N3O3/c1-5-24(36(41)42)20-23(2)31-14-15-32-30-22-35(44-28-12-8-26(40)9-13-28)34-21-29(43-27-10-6-25(39)7-11-27)16-18-38(34,4)33(30)17-19-37(31,32)3/h6-13,23-24,29-35H,5,14-22,39-40H2,1-4H3,(H2,41,42)/t23-,24?,29?,30+,31-,32+,33+,34?,35?,37-,38-/m1/s1. The molecule has 1 amide bonds. The number of fused-ring (bicyclic) bond motifs is 5. The Kier molecular flexibility index (Phi) is 8.58. The molecule has 6 nitrogen and oxygen atoms in total. The van der Waals surface area contributed by atoms with E-state index in [0.717, 1.165) is 55.0 Å². The molecule has 4 fully saturated rings. The van der Waals surface area contributed by atoms with Crippen molar-refractivity contribution in [2.24, 2.45) is 58.0 Å². The van der Waals surface area contributed by atoms with Gasteiger partial charge in [-0.05, 0) is 153 Å². The fourth-order valence-corrected chi connectivity index (χ4v) is 11.0. The molecule has 0 heterocycles. The predicted molar refractivity (Wildman–Crippen MR) is 178 cm³/mol. The molecule has 2 aromatic rings. The zero-order valence-electron chi connectivity index (χ0n) is 27.3. The molecular formula is C38H55N3O3. The average molecular weight is 602 g/mol. The van der Waals surface area contributed by atoms with Crippen LogP contribution in [-0.4, -0.2) is 18.1 Å². The van der Waals surface area contributed by atoms with E-state index in [0.29, 0.717) is 40.9 Å². The summed E-state index contributed by atoms with van der Waals surface area (Å²) in [4.78, 5) is 12.1. The predicted octanol–water partition coefficient (Wildman–Crippen LogP) is 7.85. The van der Waals surface area contributed by atoms with E-state index in [1.165, 1.54) is 32.1 Å². The van der Waals surface area contributed by atoms with Crippen molar-refractivity contribution in [3.63, 3.8) is 0 Å². The van der Waals surface area contributed by atoms with Gasteiger partial charge in [-0.1, -0.05) is 27.7 Å². The number of amides is 1. The summed E-state index contributed by atoms with van der Waals surface area (Å²) in [5, 5.41) is 0. The Hall–Kier alpha value is -2.89. The molecule has 6 N–H and O–H groups in total. The summed E-state index contributed by atoms with van der Waals surface area (Å²) in [6, 6.07) is 15.8. The minimum atomic E-state index is -0.132. The Bertz CT molecular complexity index is 1300. The van der Waals surface area contributed by atoms with Crippen molar-refractivity contribution in [1.82, 2.24) is 0 Å². The maximum atomic E-state index is 12.1. The number of nitrogens with two attached hydrogens (primary N) is 3. The van der Waals surface area contributed by atoms with Gasteiger partial charge in [0.1, 0.15) is 17.6 Å². The monoisotopic (exact) mass is 601 g/mol. The molecule has 0 bridgehead atoms. The van der Waals surface area contributed by atoms with E-state index < -0.39 is 0 Å². The maximum absolute atomic E-state index is 12.1. The fraction of sp³-hybridized carbons (Fsp3) is 0.658. The molecule has 0 saturated heterocycles. The smallest absolute Gasteiger partial charge is 0.220 e. The molecule has 240 valence electrons. The van der Waals surface area contributed by atoms with Crippen LogP contribution in [0.25, 0.3) is 0 Å². The number of hydrogen-bond acceptors (Lipinski definition) is 5. The number of ether oxygens (including phenoxy) is 2. The van der Waals surface area contributed by atoms with Crippen molar-refractivity contribution < 1.29 is 14.3 Å². The number of carbonyl (C=O) groups is 1. The van der Waals surface area contributed by atoms with E-state index in [-0.39, 0.29) is 29.4 Å². The second kappa shape index (κ2) is 12.1. The lowest BCUT2D eigenvalue weighted by atomic mass is 9.43. The number of nitrogen functional groups attached to an aromatic ring is 2. The van der Waals surface area contributed by atoms with E-state index in [1.54, 1.807) is 0 Å². The van der Waals surface area contributed by atoms with Gasteiger partial charge in [-0.2, -0.15) is 0 Å². The summed E-state index contributed by atoms with van der Waals surface area (Å²) in [6.45, 7) is 9.67. The summed E-state index contributed by atoms with van der Waals surface area (Å²) in [5.41, 5.74) is 19.8. The summed E-state index contributed by atoms with van der Waals surface area (Å²) < 4.78 is 13.6. The number of hydrogen-bond donors (Lipinski definition) is 3. The lowest BCUT2D eigenvalue weighted by molar-refractivity contribution is -0.164. The molecule has 0 aromatic heterocycles. The van der Waals surface area contributed by atoms with Crippen LogP contribution in [0.15, 0.2) is 48.5 Å². The normalized spacial score (nSPS) is 37.6. The Morgan fingerprint density at radius 3 is 2.02 bits per heavy atom. The lowest BCUT2D eigenvalue weighted by Crippen LogP contribution is -2.59. The number of rotatable bonds is 9. The molecule has 4 aliphatic carbocycles. The van der Waals surface area contributed by atoms with Gasteiger partial charge in [0.25, 0.3) is 0 Å². The van der Waals surface area contributed by atoms with Crippen molar-refractivity contribution in [1.29, 1.82) is 0 Å². The molecule has 11 atom stereocenters.